The average molecular weight is 907 g/mol. The third-order valence-electron chi connectivity index (χ3n) is 14.7. The van der Waals surface area contributed by atoms with Gasteiger partial charge in [0.25, 0.3) is 0 Å². The third-order valence-corrected chi connectivity index (χ3v) is 15.8. The first-order chi connectivity index (χ1) is 34.7. The number of hydrogen-bond acceptors (Lipinski definition) is 2. The number of hydrogen-bond donors (Lipinski definition) is 0. The second-order valence-corrected chi connectivity index (χ2v) is 19.5. The molecule has 0 amide bonds. The van der Waals surface area contributed by atoms with E-state index in [1.54, 1.807) is 0 Å². The zero-order valence-corrected chi connectivity index (χ0v) is 38.9. The van der Waals surface area contributed by atoms with Crippen LogP contribution >= 0.6 is 11.3 Å². The van der Waals surface area contributed by atoms with Gasteiger partial charge in [0, 0.05) is 53.6 Å². The van der Waals surface area contributed by atoms with E-state index in [0.29, 0.717) is 0 Å². The quantitative estimate of drug-likeness (QED) is 0.145. The second-order valence-electron chi connectivity index (χ2n) is 18.4. The highest BCUT2D eigenvalue weighted by Gasteiger charge is 2.46. The molecule has 0 aliphatic heterocycles. The molecule has 2 heterocycles. The lowest BCUT2D eigenvalue weighted by atomic mass is 9.67. The largest absolute Gasteiger partial charge is 0.310 e. The van der Waals surface area contributed by atoms with Crippen molar-refractivity contribution >= 4 is 81.1 Å². The first kappa shape index (κ1) is 40.2. The zero-order chi connectivity index (χ0) is 46.3. The van der Waals surface area contributed by atoms with Gasteiger partial charge in [0.05, 0.1) is 22.1 Å². The Morgan fingerprint density at radius 1 is 0.400 bits per heavy atom. The zero-order valence-electron chi connectivity index (χ0n) is 38.1. The first-order valence-electron chi connectivity index (χ1n) is 23.9. The lowest BCUT2D eigenvalue weighted by molar-refractivity contribution is 0.769. The van der Waals surface area contributed by atoms with Crippen LogP contribution in [0.4, 0.5) is 17.1 Å². The fraction of sp³-hybridized carbons (Fsp3) is 0.0149. The predicted octanol–water partition coefficient (Wildman–Crippen LogP) is 17.8. The first-order valence-corrected chi connectivity index (χ1v) is 24.7. The van der Waals surface area contributed by atoms with Gasteiger partial charge in [-0.25, -0.2) is 0 Å². The van der Waals surface area contributed by atoms with E-state index < -0.39 is 5.41 Å². The number of para-hydroxylation sites is 2. The molecule has 0 atom stereocenters. The molecule has 0 radical (unpaired) electrons. The van der Waals surface area contributed by atoms with Crippen LogP contribution in [0, 0.1) is 12.3 Å². The maximum atomic E-state index is 6.42. The fourth-order valence-corrected chi connectivity index (χ4v) is 12.7. The fourth-order valence-electron chi connectivity index (χ4n) is 11.6. The van der Waals surface area contributed by atoms with Crippen LogP contribution in [0.5, 0.6) is 0 Å². The Kier molecular flexibility index (Phi) is 9.08. The molecule has 70 heavy (non-hydrogen) atoms. The summed E-state index contributed by atoms with van der Waals surface area (Å²) in [5.74, 6) is 3.08. The summed E-state index contributed by atoms with van der Waals surface area (Å²) in [6, 6.07) is 91.2. The minimum atomic E-state index is -0.491. The smallest absolute Gasteiger partial charge is 0.0713 e. The third kappa shape index (κ3) is 6.01. The standard InChI is InChI=1S/C67H42N2S/c1-2-44-30-31-46(45-32-34-52(35-33-45)68(51-22-10-5-11-23-51)53-36-37-66-59(43-53)56-26-14-17-29-65(56)70-66)41-63(44)69-62-28-16-13-25-55(62)58-39-47-38-57-54-24-12-15-27-60(54)67(49-18-6-3-7-19-49,50-20-8-4-9-21-50)61(57)40-48(47)42-64(58)69/h1,3-43H. The molecule has 0 unspecified atom stereocenters. The summed E-state index contributed by atoms with van der Waals surface area (Å²) in [5, 5.41) is 7.34. The van der Waals surface area contributed by atoms with Gasteiger partial charge in [-0.3, -0.25) is 0 Å². The summed E-state index contributed by atoms with van der Waals surface area (Å²) in [5.41, 5.74) is 16.7. The highest BCUT2D eigenvalue weighted by Crippen LogP contribution is 2.57. The summed E-state index contributed by atoms with van der Waals surface area (Å²) in [4.78, 5) is 2.35. The van der Waals surface area contributed by atoms with Crippen LogP contribution in [0.15, 0.2) is 249 Å². The van der Waals surface area contributed by atoms with Crippen molar-refractivity contribution in [1.29, 1.82) is 0 Å². The van der Waals surface area contributed by atoms with E-state index in [-0.39, 0.29) is 0 Å². The van der Waals surface area contributed by atoms with E-state index in [1.807, 2.05) is 11.3 Å². The summed E-state index contributed by atoms with van der Waals surface area (Å²) in [6.07, 6.45) is 6.42. The summed E-state index contributed by atoms with van der Waals surface area (Å²) < 4.78 is 4.99. The summed E-state index contributed by atoms with van der Waals surface area (Å²) >= 11 is 1.84. The maximum absolute atomic E-state index is 6.42. The van der Waals surface area contributed by atoms with Crippen LogP contribution in [-0.4, -0.2) is 4.57 Å². The number of anilines is 3. The SMILES string of the molecule is C#Cc1ccc(-c2ccc(N(c3ccccc3)c3ccc4sc5ccccc5c4c3)cc2)cc1-n1c2ccccc2c2cc3cc4c(cc3cc21)C(c1ccccc1)(c1ccccc1)c1ccccc1-4. The Hall–Kier alpha value is -8.94. The molecule has 11 aromatic carbocycles. The molecule has 1 aliphatic rings. The van der Waals surface area contributed by atoms with Crippen molar-refractivity contribution in [1.82, 2.24) is 4.57 Å². The van der Waals surface area contributed by atoms with E-state index in [1.165, 1.54) is 75.1 Å². The van der Waals surface area contributed by atoms with Gasteiger partial charge < -0.3 is 9.47 Å². The van der Waals surface area contributed by atoms with E-state index in [4.69, 9.17) is 6.42 Å². The maximum Gasteiger partial charge on any atom is 0.0713 e. The van der Waals surface area contributed by atoms with Gasteiger partial charge in [-0.1, -0.05) is 164 Å². The number of nitrogens with zero attached hydrogens (tertiary/aromatic N) is 2. The minimum absolute atomic E-state index is 0.491. The van der Waals surface area contributed by atoms with Gasteiger partial charge in [0.2, 0.25) is 0 Å². The van der Waals surface area contributed by atoms with Crippen LogP contribution in [0.3, 0.4) is 0 Å². The molecule has 0 bridgehead atoms. The van der Waals surface area contributed by atoms with Crippen molar-refractivity contribution in [2.45, 2.75) is 5.41 Å². The van der Waals surface area contributed by atoms with Crippen LogP contribution < -0.4 is 4.90 Å². The van der Waals surface area contributed by atoms with Gasteiger partial charge in [0.15, 0.2) is 0 Å². The van der Waals surface area contributed by atoms with Crippen molar-refractivity contribution in [3.63, 3.8) is 0 Å². The Bertz CT molecular complexity index is 4190. The summed E-state index contributed by atoms with van der Waals surface area (Å²) in [6.45, 7) is 0. The van der Waals surface area contributed by atoms with E-state index >= 15 is 0 Å². The van der Waals surface area contributed by atoms with Gasteiger partial charge in [-0.2, -0.15) is 0 Å². The van der Waals surface area contributed by atoms with Crippen LogP contribution in [0.2, 0.25) is 0 Å². The highest BCUT2D eigenvalue weighted by molar-refractivity contribution is 7.25. The molecule has 2 nitrogen and oxygen atoms in total. The average Bonchev–Trinajstić information content (AvgIpc) is 4.06. The number of terminal acetylenes is 1. The van der Waals surface area contributed by atoms with E-state index in [0.717, 1.165) is 50.5 Å². The highest BCUT2D eigenvalue weighted by atomic mass is 32.1. The Balaban J connectivity index is 0.924. The number of benzene rings is 11. The Morgan fingerprint density at radius 2 is 1.01 bits per heavy atom. The van der Waals surface area contributed by atoms with Gasteiger partial charge in [-0.05, 0) is 146 Å². The molecule has 3 heteroatoms. The molecule has 0 saturated heterocycles. The van der Waals surface area contributed by atoms with Gasteiger partial charge in [0.1, 0.15) is 0 Å². The molecule has 2 aromatic heterocycles. The topological polar surface area (TPSA) is 8.17 Å². The molecule has 1 aliphatic carbocycles. The van der Waals surface area contributed by atoms with Crippen LogP contribution in [0.25, 0.3) is 80.7 Å². The Morgan fingerprint density at radius 3 is 1.79 bits per heavy atom. The van der Waals surface area contributed by atoms with Crippen molar-refractivity contribution in [3.8, 4) is 40.3 Å². The molecular formula is C67H42N2S. The molecule has 0 fully saturated rings. The lowest BCUT2D eigenvalue weighted by Crippen LogP contribution is -2.28. The minimum Gasteiger partial charge on any atom is -0.310 e. The molecular weight excluding hydrogens is 865 g/mol. The van der Waals surface area contributed by atoms with Gasteiger partial charge >= 0.3 is 0 Å². The molecule has 0 N–H and O–H groups in total. The van der Waals surface area contributed by atoms with Crippen molar-refractivity contribution in [3.05, 3.63) is 277 Å². The number of fused-ring (bicyclic) bond motifs is 10. The monoisotopic (exact) mass is 906 g/mol. The van der Waals surface area contributed by atoms with E-state index in [2.05, 4.69) is 264 Å². The van der Waals surface area contributed by atoms with Crippen molar-refractivity contribution in [2.24, 2.45) is 0 Å². The lowest BCUT2D eigenvalue weighted by Gasteiger charge is -2.34. The molecule has 13 aromatic rings. The number of rotatable bonds is 7. The normalized spacial score (nSPS) is 12.7. The van der Waals surface area contributed by atoms with Crippen molar-refractivity contribution < 1.29 is 0 Å². The van der Waals surface area contributed by atoms with E-state index in [9.17, 15) is 0 Å². The predicted molar refractivity (Wildman–Crippen MR) is 297 cm³/mol. The molecule has 0 spiro atoms. The molecule has 326 valence electrons. The number of aromatic nitrogens is 1. The second kappa shape index (κ2) is 15.8. The Labute approximate surface area is 410 Å². The van der Waals surface area contributed by atoms with Gasteiger partial charge in [-0.15, -0.1) is 17.8 Å². The van der Waals surface area contributed by atoms with Crippen molar-refractivity contribution in [2.75, 3.05) is 4.90 Å². The number of thiophene rings is 1. The van der Waals surface area contributed by atoms with Crippen LogP contribution in [0.1, 0.15) is 27.8 Å². The molecule has 0 saturated carbocycles. The molecule has 14 rings (SSSR count). The van der Waals surface area contributed by atoms with Crippen LogP contribution in [-0.2, 0) is 5.41 Å². The summed E-state index contributed by atoms with van der Waals surface area (Å²) in [7, 11) is 0.